The highest BCUT2D eigenvalue weighted by atomic mass is 15.2. The Morgan fingerprint density at radius 1 is 1.20 bits per heavy atom. The first-order valence-corrected chi connectivity index (χ1v) is 8.30. The molecule has 2 aliphatic heterocycles. The normalized spacial score (nSPS) is 29.7. The highest BCUT2D eigenvalue weighted by Crippen LogP contribution is 2.46. The molecule has 2 fully saturated rings. The van der Waals surface area contributed by atoms with Crippen LogP contribution in [0.5, 0.6) is 0 Å². The maximum Gasteiger partial charge on any atom is 0.0925 e. The van der Waals surface area contributed by atoms with E-state index in [-0.39, 0.29) is 0 Å². The molecule has 0 radical (unpaired) electrons. The molecular formula is C16H26N4. The molecule has 1 spiro atoms. The van der Waals surface area contributed by atoms with Crippen LogP contribution >= 0.6 is 0 Å². The summed E-state index contributed by atoms with van der Waals surface area (Å²) in [4.78, 5) is 10.4. The predicted octanol–water partition coefficient (Wildman–Crippen LogP) is 2.08. The van der Waals surface area contributed by atoms with Gasteiger partial charge in [0.15, 0.2) is 0 Å². The van der Waals surface area contributed by atoms with Gasteiger partial charge < -0.3 is 15.2 Å². The Hall–Kier alpha value is -0.870. The Morgan fingerprint density at radius 3 is 2.80 bits per heavy atom. The van der Waals surface area contributed by atoms with Crippen LogP contribution in [0.4, 0.5) is 0 Å². The lowest BCUT2D eigenvalue weighted by molar-refractivity contribution is 0.0992. The van der Waals surface area contributed by atoms with Crippen molar-refractivity contribution in [3.63, 3.8) is 0 Å². The third kappa shape index (κ3) is 2.40. The number of fused-ring (bicyclic) bond motifs is 1. The summed E-state index contributed by atoms with van der Waals surface area (Å²) >= 11 is 0. The van der Waals surface area contributed by atoms with E-state index < -0.39 is 0 Å². The van der Waals surface area contributed by atoms with Crippen LogP contribution in [0.15, 0.2) is 6.33 Å². The second-order valence-electron chi connectivity index (χ2n) is 7.12. The molecule has 0 bridgehead atoms. The number of piperidine rings is 1. The van der Waals surface area contributed by atoms with Gasteiger partial charge in [-0.25, -0.2) is 4.98 Å². The number of hydrogen-bond acceptors (Lipinski definition) is 3. The molecule has 1 saturated heterocycles. The third-order valence-corrected chi connectivity index (χ3v) is 5.87. The summed E-state index contributed by atoms with van der Waals surface area (Å²) in [7, 11) is 0. The zero-order valence-corrected chi connectivity index (χ0v) is 12.3. The number of hydrogen-bond donors (Lipinski definition) is 2. The van der Waals surface area contributed by atoms with Crippen molar-refractivity contribution in [1.82, 2.24) is 20.2 Å². The van der Waals surface area contributed by atoms with Gasteiger partial charge >= 0.3 is 0 Å². The van der Waals surface area contributed by atoms with Gasteiger partial charge in [0.1, 0.15) is 0 Å². The van der Waals surface area contributed by atoms with Gasteiger partial charge in [0.25, 0.3) is 0 Å². The standard InChI is InChI=1S/C16H26N4/c1-2-4-16(3-1)5-7-20(8-6-16)11-13-9-14-15(10-17-13)19-12-18-14/h12-13,17H,1-11H2,(H,18,19). The summed E-state index contributed by atoms with van der Waals surface area (Å²) in [5.74, 6) is 0. The number of aromatic amines is 1. The smallest absolute Gasteiger partial charge is 0.0925 e. The van der Waals surface area contributed by atoms with Crippen LogP contribution in [0.25, 0.3) is 0 Å². The number of aromatic nitrogens is 2. The zero-order valence-electron chi connectivity index (χ0n) is 12.3. The molecule has 1 aliphatic carbocycles. The average molecular weight is 274 g/mol. The zero-order chi connectivity index (χ0) is 13.4. The highest BCUT2D eigenvalue weighted by Gasteiger charge is 2.37. The van der Waals surface area contributed by atoms with Crippen molar-refractivity contribution in [2.75, 3.05) is 19.6 Å². The van der Waals surface area contributed by atoms with Gasteiger partial charge in [-0.15, -0.1) is 0 Å². The number of H-pyrrole nitrogens is 1. The number of likely N-dealkylation sites (tertiary alicyclic amines) is 1. The fourth-order valence-electron chi connectivity index (χ4n) is 4.51. The molecule has 0 amide bonds. The van der Waals surface area contributed by atoms with E-state index in [1.54, 1.807) is 0 Å². The molecular weight excluding hydrogens is 248 g/mol. The fraction of sp³-hybridized carbons (Fsp3) is 0.812. The van der Waals surface area contributed by atoms with Crippen LogP contribution < -0.4 is 5.32 Å². The summed E-state index contributed by atoms with van der Waals surface area (Å²) in [5, 5.41) is 3.66. The number of nitrogens with zero attached hydrogens (tertiary/aromatic N) is 2. The van der Waals surface area contributed by atoms with Crippen molar-refractivity contribution in [3.05, 3.63) is 17.7 Å². The Morgan fingerprint density at radius 2 is 2.00 bits per heavy atom. The van der Waals surface area contributed by atoms with E-state index in [2.05, 4.69) is 20.2 Å². The lowest BCUT2D eigenvalue weighted by Crippen LogP contribution is -2.48. The molecule has 1 saturated carbocycles. The lowest BCUT2D eigenvalue weighted by atomic mass is 9.77. The van der Waals surface area contributed by atoms with E-state index >= 15 is 0 Å². The van der Waals surface area contributed by atoms with Crippen LogP contribution in [0.3, 0.4) is 0 Å². The Labute approximate surface area is 121 Å². The van der Waals surface area contributed by atoms with Gasteiger partial charge in [0.2, 0.25) is 0 Å². The molecule has 1 atom stereocenters. The van der Waals surface area contributed by atoms with Crippen LogP contribution in [-0.2, 0) is 13.0 Å². The maximum atomic E-state index is 4.44. The van der Waals surface area contributed by atoms with E-state index in [9.17, 15) is 0 Å². The first-order valence-electron chi connectivity index (χ1n) is 8.30. The molecule has 1 unspecified atom stereocenters. The summed E-state index contributed by atoms with van der Waals surface area (Å²) < 4.78 is 0. The molecule has 0 aromatic carbocycles. The summed E-state index contributed by atoms with van der Waals surface area (Å²) in [5.41, 5.74) is 3.30. The minimum Gasteiger partial charge on any atom is -0.347 e. The molecule has 1 aromatic heterocycles. The first kappa shape index (κ1) is 12.8. The molecule has 110 valence electrons. The van der Waals surface area contributed by atoms with E-state index in [0.717, 1.165) is 18.4 Å². The number of imidazole rings is 1. The third-order valence-electron chi connectivity index (χ3n) is 5.87. The minimum absolute atomic E-state index is 0.587. The highest BCUT2D eigenvalue weighted by molar-refractivity contribution is 5.16. The van der Waals surface area contributed by atoms with E-state index in [1.807, 2.05) is 6.33 Å². The van der Waals surface area contributed by atoms with Crippen molar-refractivity contribution in [2.45, 2.75) is 57.5 Å². The molecule has 2 N–H and O–H groups in total. The van der Waals surface area contributed by atoms with Crippen LogP contribution in [0.2, 0.25) is 0 Å². The minimum atomic E-state index is 0.587. The SMILES string of the molecule is c1nc2c([nH]1)CNC(CN1CCC3(CCCC3)CC1)C2. The predicted molar refractivity (Wildman–Crippen MR) is 79.5 cm³/mol. The maximum absolute atomic E-state index is 4.44. The monoisotopic (exact) mass is 274 g/mol. The van der Waals surface area contributed by atoms with Gasteiger partial charge in [0, 0.05) is 25.6 Å². The molecule has 3 heterocycles. The molecule has 3 aliphatic rings. The van der Waals surface area contributed by atoms with Crippen molar-refractivity contribution >= 4 is 0 Å². The molecule has 20 heavy (non-hydrogen) atoms. The Balaban J connectivity index is 1.31. The second-order valence-corrected chi connectivity index (χ2v) is 7.12. The van der Waals surface area contributed by atoms with Gasteiger partial charge in [0.05, 0.1) is 17.7 Å². The van der Waals surface area contributed by atoms with Crippen molar-refractivity contribution in [2.24, 2.45) is 5.41 Å². The fourth-order valence-corrected chi connectivity index (χ4v) is 4.51. The van der Waals surface area contributed by atoms with Gasteiger partial charge in [-0.05, 0) is 44.2 Å². The quantitative estimate of drug-likeness (QED) is 0.868. The van der Waals surface area contributed by atoms with Gasteiger partial charge in [-0.3, -0.25) is 0 Å². The van der Waals surface area contributed by atoms with Crippen LogP contribution in [-0.4, -0.2) is 40.5 Å². The largest absolute Gasteiger partial charge is 0.347 e. The van der Waals surface area contributed by atoms with Crippen molar-refractivity contribution in [1.29, 1.82) is 0 Å². The van der Waals surface area contributed by atoms with Crippen molar-refractivity contribution < 1.29 is 0 Å². The summed E-state index contributed by atoms with van der Waals surface area (Å²) in [6.45, 7) is 4.78. The average Bonchev–Trinajstić information content (AvgIpc) is 3.11. The van der Waals surface area contributed by atoms with Crippen molar-refractivity contribution in [3.8, 4) is 0 Å². The topological polar surface area (TPSA) is 44.0 Å². The van der Waals surface area contributed by atoms with Crippen LogP contribution in [0.1, 0.15) is 49.9 Å². The summed E-state index contributed by atoms with van der Waals surface area (Å²) in [6.07, 6.45) is 11.7. The number of rotatable bonds is 2. The van der Waals surface area contributed by atoms with Crippen LogP contribution in [0, 0.1) is 5.41 Å². The number of nitrogens with one attached hydrogen (secondary N) is 2. The molecule has 4 rings (SSSR count). The second kappa shape index (κ2) is 5.15. The molecule has 4 heteroatoms. The lowest BCUT2D eigenvalue weighted by Gasteiger charge is -2.41. The Bertz CT molecular complexity index is 451. The first-order chi connectivity index (χ1) is 9.83. The Kier molecular flexibility index (Phi) is 3.31. The van der Waals surface area contributed by atoms with E-state index in [4.69, 9.17) is 0 Å². The molecule has 1 aromatic rings. The molecule has 4 nitrogen and oxygen atoms in total. The summed E-state index contributed by atoms with van der Waals surface area (Å²) in [6, 6.07) is 0.587. The van der Waals surface area contributed by atoms with E-state index in [0.29, 0.717) is 6.04 Å². The van der Waals surface area contributed by atoms with E-state index in [1.165, 1.54) is 69.5 Å². The van der Waals surface area contributed by atoms with Gasteiger partial charge in [-0.2, -0.15) is 0 Å². The van der Waals surface area contributed by atoms with Gasteiger partial charge in [-0.1, -0.05) is 12.8 Å².